The van der Waals surface area contributed by atoms with Gasteiger partial charge in [-0.2, -0.15) is 5.26 Å². The monoisotopic (exact) mass is 214 g/mol. The molecule has 0 aliphatic heterocycles. The van der Waals surface area contributed by atoms with Gasteiger partial charge in [-0.3, -0.25) is 0 Å². The van der Waals surface area contributed by atoms with Gasteiger partial charge in [0.25, 0.3) is 0 Å². The lowest BCUT2D eigenvalue weighted by molar-refractivity contribution is 1.05. The van der Waals surface area contributed by atoms with Gasteiger partial charge in [-0.1, -0.05) is 0 Å². The molecule has 2 aromatic rings. The molecule has 6 nitrogen and oxygen atoms in total. The molecule has 2 rings (SSSR count). The van der Waals surface area contributed by atoms with E-state index in [9.17, 15) is 0 Å². The summed E-state index contributed by atoms with van der Waals surface area (Å²) in [5.41, 5.74) is 7.12. The molecule has 0 spiro atoms. The normalized spacial score (nSPS) is 9.69. The first-order valence-electron chi connectivity index (χ1n) is 4.67. The molecular formula is C10H10N6. The van der Waals surface area contributed by atoms with E-state index < -0.39 is 0 Å². The zero-order valence-electron chi connectivity index (χ0n) is 8.44. The highest BCUT2D eigenvalue weighted by Crippen LogP contribution is 2.12. The molecule has 0 radical (unpaired) electrons. The number of nitrogens with one attached hydrogen (secondary N) is 2. The van der Waals surface area contributed by atoms with E-state index in [2.05, 4.69) is 20.3 Å². The van der Waals surface area contributed by atoms with Crippen LogP contribution in [0.3, 0.4) is 0 Å². The second-order valence-electron chi connectivity index (χ2n) is 3.18. The van der Waals surface area contributed by atoms with Crippen molar-refractivity contribution in [2.24, 2.45) is 0 Å². The smallest absolute Gasteiger partial charge is 0.165 e. The summed E-state index contributed by atoms with van der Waals surface area (Å²) in [7, 11) is 0. The van der Waals surface area contributed by atoms with Crippen molar-refractivity contribution in [2.75, 3.05) is 11.1 Å². The molecule has 0 aromatic carbocycles. The van der Waals surface area contributed by atoms with E-state index in [-0.39, 0.29) is 5.69 Å². The molecule has 0 fully saturated rings. The lowest BCUT2D eigenvalue weighted by Crippen LogP contribution is -2.03. The van der Waals surface area contributed by atoms with Gasteiger partial charge in [-0.25, -0.2) is 9.97 Å². The van der Waals surface area contributed by atoms with E-state index in [0.29, 0.717) is 18.1 Å². The van der Waals surface area contributed by atoms with Crippen LogP contribution in [-0.4, -0.2) is 15.0 Å². The number of nitriles is 1. The van der Waals surface area contributed by atoms with E-state index in [0.717, 1.165) is 5.69 Å². The quantitative estimate of drug-likeness (QED) is 0.703. The second-order valence-corrected chi connectivity index (χ2v) is 3.18. The maximum Gasteiger partial charge on any atom is 0.165 e. The highest BCUT2D eigenvalue weighted by atomic mass is 15.0. The van der Waals surface area contributed by atoms with Crippen LogP contribution in [-0.2, 0) is 6.54 Å². The molecule has 0 saturated heterocycles. The Morgan fingerprint density at radius 1 is 1.50 bits per heavy atom. The Kier molecular flexibility index (Phi) is 2.69. The average Bonchev–Trinajstić information content (AvgIpc) is 2.81. The molecule has 0 bridgehead atoms. The maximum absolute atomic E-state index is 8.76. The predicted molar refractivity (Wildman–Crippen MR) is 59.3 cm³/mol. The minimum absolute atomic E-state index is 0.231. The van der Waals surface area contributed by atoms with Gasteiger partial charge in [0.15, 0.2) is 5.69 Å². The lowest BCUT2D eigenvalue weighted by atomic mass is 10.3. The largest absolute Gasteiger partial charge is 0.396 e. The van der Waals surface area contributed by atoms with E-state index >= 15 is 0 Å². The number of nitrogen functional groups attached to an aromatic ring is 1. The Morgan fingerprint density at radius 2 is 2.38 bits per heavy atom. The van der Waals surface area contributed by atoms with Crippen LogP contribution < -0.4 is 11.1 Å². The van der Waals surface area contributed by atoms with Crippen LogP contribution >= 0.6 is 0 Å². The molecule has 2 heterocycles. The Morgan fingerprint density at radius 3 is 3.06 bits per heavy atom. The minimum Gasteiger partial charge on any atom is -0.396 e. The van der Waals surface area contributed by atoms with Crippen molar-refractivity contribution in [1.29, 1.82) is 5.26 Å². The van der Waals surface area contributed by atoms with Crippen molar-refractivity contribution < 1.29 is 0 Å². The molecule has 16 heavy (non-hydrogen) atoms. The van der Waals surface area contributed by atoms with Gasteiger partial charge in [-0.05, 0) is 12.1 Å². The highest BCUT2D eigenvalue weighted by Gasteiger charge is 2.01. The molecule has 4 N–H and O–H groups in total. The van der Waals surface area contributed by atoms with Crippen LogP contribution in [0.5, 0.6) is 0 Å². The minimum atomic E-state index is 0.231. The predicted octanol–water partition coefficient (Wildman–Crippen LogP) is 0.871. The number of anilines is 2. The van der Waals surface area contributed by atoms with Crippen LogP contribution in [0, 0.1) is 11.3 Å². The molecule has 0 amide bonds. The molecule has 0 aliphatic carbocycles. The fraction of sp³-hybridized carbons (Fsp3) is 0.100. The van der Waals surface area contributed by atoms with E-state index in [4.69, 9.17) is 11.0 Å². The van der Waals surface area contributed by atoms with Crippen molar-refractivity contribution in [2.45, 2.75) is 6.54 Å². The van der Waals surface area contributed by atoms with Gasteiger partial charge in [0.2, 0.25) is 0 Å². The molecule has 0 saturated carbocycles. The molecule has 6 heteroatoms. The number of aromatic amines is 1. The van der Waals surface area contributed by atoms with Crippen molar-refractivity contribution in [3.05, 3.63) is 36.0 Å². The van der Waals surface area contributed by atoms with Crippen LogP contribution in [0.4, 0.5) is 11.5 Å². The first-order chi connectivity index (χ1) is 7.79. The number of nitrogens with two attached hydrogens (primary N) is 1. The molecule has 2 aromatic heterocycles. The molecule has 0 aliphatic rings. The Hall–Kier alpha value is -2.55. The summed E-state index contributed by atoms with van der Waals surface area (Å²) in [5.74, 6) is 0.611. The standard InChI is InChI=1S/C10H10N6/c11-3-9-8(12)1-2-10(16-9)14-5-7-4-13-6-15-7/h1-2,4,6H,5,12H2,(H,13,15)(H,14,16). The molecule has 80 valence electrons. The van der Waals surface area contributed by atoms with E-state index in [1.54, 1.807) is 24.7 Å². The first-order valence-corrected chi connectivity index (χ1v) is 4.67. The summed E-state index contributed by atoms with van der Waals surface area (Å²) in [6, 6.07) is 5.31. The lowest BCUT2D eigenvalue weighted by Gasteiger charge is -2.04. The maximum atomic E-state index is 8.76. The molecular weight excluding hydrogens is 204 g/mol. The fourth-order valence-corrected chi connectivity index (χ4v) is 1.23. The van der Waals surface area contributed by atoms with Crippen LogP contribution in [0.25, 0.3) is 0 Å². The number of hydrogen-bond donors (Lipinski definition) is 3. The summed E-state index contributed by atoms with van der Waals surface area (Å²) in [6.07, 6.45) is 3.32. The molecule has 0 unspecified atom stereocenters. The van der Waals surface area contributed by atoms with Crippen LogP contribution in [0.1, 0.15) is 11.4 Å². The summed E-state index contributed by atoms with van der Waals surface area (Å²) in [4.78, 5) is 10.9. The van der Waals surface area contributed by atoms with Gasteiger partial charge in [-0.15, -0.1) is 0 Å². The zero-order chi connectivity index (χ0) is 11.4. The van der Waals surface area contributed by atoms with E-state index in [1.807, 2.05) is 6.07 Å². The van der Waals surface area contributed by atoms with Crippen molar-refractivity contribution >= 4 is 11.5 Å². The van der Waals surface area contributed by atoms with Gasteiger partial charge in [0.05, 0.1) is 24.3 Å². The third-order valence-corrected chi connectivity index (χ3v) is 2.05. The van der Waals surface area contributed by atoms with Crippen LogP contribution in [0.2, 0.25) is 0 Å². The second kappa shape index (κ2) is 4.31. The number of imidazole rings is 1. The number of rotatable bonds is 3. The van der Waals surface area contributed by atoms with Gasteiger partial charge in [0, 0.05) is 6.20 Å². The van der Waals surface area contributed by atoms with Gasteiger partial charge in [0.1, 0.15) is 11.9 Å². The summed E-state index contributed by atoms with van der Waals surface area (Å²) < 4.78 is 0. The Balaban J connectivity index is 2.08. The number of pyridine rings is 1. The average molecular weight is 214 g/mol. The number of hydrogen-bond acceptors (Lipinski definition) is 5. The third-order valence-electron chi connectivity index (χ3n) is 2.05. The number of aromatic nitrogens is 3. The molecule has 0 atom stereocenters. The summed E-state index contributed by atoms with van der Waals surface area (Å²) >= 11 is 0. The van der Waals surface area contributed by atoms with Crippen molar-refractivity contribution in [3.63, 3.8) is 0 Å². The number of H-pyrrole nitrogens is 1. The van der Waals surface area contributed by atoms with Crippen molar-refractivity contribution in [3.8, 4) is 6.07 Å². The summed E-state index contributed by atoms with van der Waals surface area (Å²) in [6.45, 7) is 0.571. The first kappa shape index (κ1) is 9.98. The zero-order valence-corrected chi connectivity index (χ0v) is 8.44. The van der Waals surface area contributed by atoms with E-state index in [1.165, 1.54) is 0 Å². The number of nitrogens with zero attached hydrogens (tertiary/aromatic N) is 3. The van der Waals surface area contributed by atoms with Crippen molar-refractivity contribution in [1.82, 2.24) is 15.0 Å². The van der Waals surface area contributed by atoms with Gasteiger partial charge < -0.3 is 16.0 Å². The highest BCUT2D eigenvalue weighted by molar-refractivity contribution is 5.54. The van der Waals surface area contributed by atoms with Crippen LogP contribution in [0.15, 0.2) is 24.7 Å². The topological polar surface area (TPSA) is 103 Å². The SMILES string of the molecule is N#Cc1nc(NCc2cnc[nH]2)ccc1N. The third kappa shape index (κ3) is 2.09. The Bertz CT molecular complexity index is 511. The summed E-state index contributed by atoms with van der Waals surface area (Å²) in [5, 5.41) is 11.8. The Labute approximate surface area is 92.1 Å². The van der Waals surface area contributed by atoms with Gasteiger partial charge >= 0.3 is 0 Å². The fourth-order valence-electron chi connectivity index (χ4n) is 1.23.